The maximum atomic E-state index is 13.7. The van der Waals surface area contributed by atoms with Crippen LogP contribution in [-0.2, 0) is 11.2 Å². The molecule has 3 aromatic carbocycles. The summed E-state index contributed by atoms with van der Waals surface area (Å²) in [5.41, 5.74) is 6.45. The molecular formula is C33H29ClN8O3. The average Bonchev–Trinajstić information content (AvgIpc) is 3.78. The molecule has 0 saturated carbocycles. The van der Waals surface area contributed by atoms with Crippen molar-refractivity contribution in [3.63, 3.8) is 0 Å². The lowest BCUT2D eigenvalue weighted by Gasteiger charge is -2.18. The summed E-state index contributed by atoms with van der Waals surface area (Å²) in [5, 5.41) is 33.2. The monoisotopic (exact) mass is 620 g/mol. The van der Waals surface area contributed by atoms with Gasteiger partial charge in [-0.1, -0.05) is 66.2 Å². The van der Waals surface area contributed by atoms with Crippen LogP contribution in [0.15, 0.2) is 110 Å². The molecular weight excluding hydrogens is 592 g/mol. The highest BCUT2D eigenvalue weighted by molar-refractivity contribution is 6.31. The van der Waals surface area contributed by atoms with Crippen molar-refractivity contribution >= 4 is 17.7 Å². The molecule has 0 aliphatic rings. The molecule has 0 aliphatic heterocycles. The standard InChI is InChI=1S/C33H29ClN8O3/c1-22(37-33(43)45-2)24-8-10-25(11-9-24)27-18-36-40(19-27)32(16-23-6-4-3-5-7-23)31-14-12-26(20-42(31)44)29-17-28(34)13-15-30(29)41-21-35-38-39-41/h3-15,17-22,32H,16H2,1-2H3,(H,37,43). The number of pyridine rings is 1. The molecule has 0 fully saturated rings. The molecule has 2 unspecified atom stereocenters. The molecule has 45 heavy (non-hydrogen) atoms. The number of ether oxygens (including phenoxy) is 1. The minimum atomic E-state index is -0.485. The Kier molecular flexibility index (Phi) is 8.52. The number of nitrogens with one attached hydrogen (secondary N) is 1. The van der Waals surface area contributed by atoms with Crippen molar-refractivity contribution in [2.24, 2.45) is 0 Å². The lowest BCUT2D eigenvalue weighted by molar-refractivity contribution is -0.615. The Balaban J connectivity index is 1.33. The Labute approximate surface area is 264 Å². The van der Waals surface area contributed by atoms with Crippen LogP contribution in [0, 0.1) is 5.21 Å². The molecule has 226 valence electrons. The van der Waals surface area contributed by atoms with Gasteiger partial charge in [0.15, 0.2) is 6.20 Å². The minimum absolute atomic E-state index is 0.212. The third kappa shape index (κ3) is 6.53. The normalized spacial score (nSPS) is 12.4. The summed E-state index contributed by atoms with van der Waals surface area (Å²) in [4.78, 5) is 11.6. The molecule has 1 N–H and O–H groups in total. The highest BCUT2D eigenvalue weighted by atomic mass is 35.5. The number of halogens is 1. The fourth-order valence-electron chi connectivity index (χ4n) is 5.23. The van der Waals surface area contributed by atoms with Gasteiger partial charge in [0.25, 0.3) is 0 Å². The van der Waals surface area contributed by atoms with E-state index in [1.807, 2.05) is 90.6 Å². The van der Waals surface area contributed by atoms with Gasteiger partial charge in [0.2, 0.25) is 5.69 Å². The third-order valence-corrected chi connectivity index (χ3v) is 7.84. The van der Waals surface area contributed by atoms with Gasteiger partial charge < -0.3 is 15.3 Å². The summed E-state index contributed by atoms with van der Waals surface area (Å²) in [5.74, 6) is 0. The second-order valence-electron chi connectivity index (χ2n) is 10.5. The van der Waals surface area contributed by atoms with Crippen LogP contribution in [0.3, 0.4) is 0 Å². The van der Waals surface area contributed by atoms with Crippen LogP contribution >= 0.6 is 11.6 Å². The molecule has 6 rings (SSSR count). The fraction of sp³-hybridized carbons (Fsp3) is 0.152. The van der Waals surface area contributed by atoms with E-state index in [2.05, 4.69) is 20.8 Å². The lowest BCUT2D eigenvalue weighted by Crippen LogP contribution is -2.36. The summed E-state index contributed by atoms with van der Waals surface area (Å²) in [6.45, 7) is 1.89. The number of hydrogen-bond acceptors (Lipinski definition) is 7. The first kappa shape index (κ1) is 29.5. The first-order valence-corrected chi connectivity index (χ1v) is 14.6. The number of benzene rings is 3. The molecule has 0 radical (unpaired) electrons. The number of rotatable bonds is 9. The molecule has 0 spiro atoms. The highest BCUT2D eigenvalue weighted by Gasteiger charge is 2.25. The molecule has 1 amide bonds. The van der Waals surface area contributed by atoms with Crippen LogP contribution in [-0.4, -0.2) is 43.2 Å². The van der Waals surface area contributed by atoms with E-state index in [0.717, 1.165) is 27.0 Å². The Morgan fingerprint density at radius 2 is 1.80 bits per heavy atom. The second kappa shape index (κ2) is 13.0. The molecule has 12 heteroatoms. The zero-order valence-corrected chi connectivity index (χ0v) is 25.2. The lowest BCUT2D eigenvalue weighted by atomic mass is 10.0. The van der Waals surface area contributed by atoms with Crippen molar-refractivity contribution < 1.29 is 14.3 Å². The number of alkyl carbamates (subject to hydrolysis) is 1. The molecule has 0 bridgehead atoms. The van der Waals surface area contributed by atoms with E-state index in [1.165, 1.54) is 18.1 Å². The van der Waals surface area contributed by atoms with E-state index in [4.69, 9.17) is 21.4 Å². The first-order chi connectivity index (χ1) is 21.9. The third-order valence-electron chi connectivity index (χ3n) is 7.61. The molecule has 11 nitrogen and oxygen atoms in total. The van der Waals surface area contributed by atoms with Crippen LogP contribution in [0.4, 0.5) is 4.79 Å². The van der Waals surface area contributed by atoms with Gasteiger partial charge in [-0.05, 0) is 58.3 Å². The predicted octanol–water partition coefficient (Wildman–Crippen LogP) is 5.73. The smallest absolute Gasteiger partial charge is 0.407 e. The van der Waals surface area contributed by atoms with Crippen molar-refractivity contribution in [3.8, 4) is 27.9 Å². The van der Waals surface area contributed by atoms with Crippen molar-refractivity contribution in [3.05, 3.63) is 137 Å². The van der Waals surface area contributed by atoms with Crippen molar-refractivity contribution in [2.75, 3.05) is 7.11 Å². The number of carbonyl (C=O) groups excluding carboxylic acids is 1. The molecule has 6 aromatic rings. The Hall–Kier alpha value is -5.55. The van der Waals surface area contributed by atoms with Crippen LogP contribution in [0.1, 0.15) is 35.8 Å². The summed E-state index contributed by atoms with van der Waals surface area (Å²) >= 11 is 6.34. The van der Waals surface area contributed by atoms with Crippen LogP contribution in [0.2, 0.25) is 5.02 Å². The van der Waals surface area contributed by atoms with Crippen molar-refractivity contribution in [1.29, 1.82) is 0 Å². The summed E-state index contributed by atoms with van der Waals surface area (Å²) in [6.07, 6.45) is 6.83. The summed E-state index contributed by atoms with van der Waals surface area (Å²) in [7, 11) is 1.34. The zero-order chi connectivity index (χ0) is 31.3. The fourth-order valence-corrected chi connectivity index (χ4v) is 5.40. The van der Waals surface area contributed by atoms with Crippen LogP contribution < -0.4 is 10.0 Å². The Morgan fingerprint density at radius 3 is 2.51 bits per heavy atom. The largest absolute Gasteiger partial charge is 0.618 e. The van der Waals surface area contributed by atoms with Crippen molar-refractivity contribution in [2.45, 2.75) is 25.4 Å². The Morgan fingerprint density at radius 1 is 1.02 bits per heavy atom. The van der Waals surface area contributed by atoms with Gasteiger partial charge in [-0.15, -0.1) is 5.10 Å². The topological polar surface area (TPSA) is 127 Å². The molecule has 3 heterocycles. The molecule has 2 atom stereocenters. The SMILES string of the molecule is COC(=O)NC(C)c1ccc(-c2cnn(C(Cc3ccccc3)c3ccc(-c4cc(Cl)ccc4-n4cnnn4)c[n+]3[O-])c2)cc1. The first-order valence-electron chi connectivity index (χ1n) is 14.2. The number of methoxy groups -OCH3 is 1. The van der Waals surface area contributed by atoms with E-state index < -0.39 is 12.1 Å². The number of aromatic nitrogens is 7. The predicted molar refractivity (Wildman–Crippen MR) is 168 cm³/mol. The highest BCUT2D eigenvalue weighted by Crippen LogP contribution is 2.31. The number of nitrogens with zero attached hydrogens (tertiary/aromatic N) is 7. The van der Waals surface area contributed by atoms with Gasteiger partial charge in [0.1, 0.15) is 12.4 Å². The number of amides is 1. The van der Waals surface area contributed by atoms with Gasteiger partial charge in [0.05, 0.1) is 25.0 Å². The van der Waals surface area contributed by atoms with Crippen LogP contribution in [0.25, 0.3) is 27.9 Å². The molecule has 3 aromatic heterocycles. The Bertz CT molecular complexity index is 1910. The zero-order valence-electron chi connectivity index (χ0n) is 24.5. The maximum absolute atomic E-state index is 13.7. The van der Waals surface area contributed by atoms with Gasteiger partial charge in [-0.25, -0.2) is 4.79 Å². The van der Waals surface area contributed by atoms with Gasteiger partial charge in [-0.2, -0.15) is 14.5 Å². The molecule has 0 saturated heterocycles. The van der Waals surface area contributed by atoms with Crippen LogP contribution in [0.5, 0.6) is 0 Å². The second-order valence-corrected chi connectivity index (χ2v) is 10.9. The van der Waals surface area contributed by atoms with E-state index in [1.54, 1.807) is 24.5 Å². The number of hydrogen-bond donors (Lipinski definition) is 1. The van der Waals surface area contributed by atoms with E-state index in [9.17, 15) is 10.0 Å². The average molecular weight is 621 g/mol. The number of tetrazole rings is 1. The quantitative estimate of drug-likeness (QED) is 0.162. The van der Waals surface area contributed by atoms with Gasteiger partial charge in [0, 0.05) is 40.4 Å². The van der Waals surface area contributed by atoms with E-state index in [0.29, 0.717) is 34.0 Å². The minimum Gasteiger partial charge on any atom is -0.618 e. The maximum Gasteiger partial charge on any atom is 0.407 e. The summed E-state index contributed by atoms with van der Waals surface area (Å²) < 4.78 is 8.95. The number of carbonyl (C=O) groups is 1. The van der Waals surface area contributed by atoms with Gasteiger partial charge in [-0.3, -0.25) is 4.68 Å². The molecule has 0 aliphatic carbocycles. The van der Waals surface area contributed by atoms with E-state index in [-0.39, 0.29) is 6.04 Å². The van der Waals surface area contributed by atoms with Gasteiger partial charge >= 0.3 is 6.09 Å². The summed E-state index contributed by atoms with van der Waals surface area (Å²) in [6, 6.07) is 26.3. The van der Waals surface area contributed by atoms with Crippen molar-refractivity contribution in [1.82, 2.24) is 35.3 Å². The van der Waals surface area contributed by atoms with E-state index >= 15 is 0 Å².